The standard InChI is InChI=1S/C17H28N6S.HI/c1-7-18-17(20-10-16-19-9-12(3)24-16)21-11(2)8-15-13(4)22-23(6)14(15)5;/h9,11H,7-8,10H2,1-6H3,(H2,18,20,21);1H. The molecule has 2 heterocycles. The predicted octanol–water partition coefficient (Wildman–Crippen LogP) is 3.11. The van der Waals surface area contributed by atoms with Crippen LogP contribution in [0.2, 0.25) is 0 Å². The number of rotatable bonds is 6. The molecule has 6 nitrogen and oxygen atoms in total. The normalized spacial score (nSPS) is 12.6. The van der Waals surface area contributed by atoms with Crippen molar-refractivity contribution in [2.45, 2.75) is 53.6 Å². The lowest BCUT2D eigenvalue weighted by molar-refractivity contribution is 0.635. The van der Waals surface area contributed by atoms with Gasteiger partial charge in [-0.1, -0.05) is 0 Å². The minimum absolute atomic E-state index is 0. The molecule has 0 aliphatic heterocycles. The monoisotopic (exact) mass is 476 g/mol. The van der Waals surface area contributed by atoms with E-state index in [0.29, 0.717) is 6.54 Å². The van der Waals surface area contributed by atoms with Gasteiger partial charge in [-0.2, -0.15) is 5.10 Å². The van der Waals surface area contributed by atoms with Gasteiger partial charge in [0, 0.05) is 36.4 Å². The highest BCUT2D eigenvalue weighted by atomic mass is 127. The minimum Gasteiger partial charge on any atom is -0.357 e. The number of aromatic nitrogens is 3. The summed E-state index contributed by atoms with van der Waals surface area (Å²) in [6.45, 7) is 11.9. The van der Waals surface area contributed by atoms with Crippen LogP contribution < -0.4 is 10.6 Å². The Kier molecular flexibility index (Phi) is 8.84. The molecule has 0 bridgehead atoms. The molecule has 1 atom stereocenters. The van der Waals surface area contributed by atoms with Crippen molar-refractivity contribution in [1.82, 2.24) is 25.4 Å². The van der Waals surface area contributed by atoms with Gasteiger partial charge < -0.3 is 10.6 Å². The van der Waals surface area contributed by atoms with E-state index in [1.807, 2.05) is 17.9 Å². The lowest BCUT2D eigenvalue weighted by Gasteiger charge is -2.18. The third kappa shape index (κ3) is 6.25. The summed E-state index contributed by atoms with van der Waals surface area (Å²) in [6, 6.07) is 0.266. The van der Waals surface area contributed by atoms with Gasteiger partial charge in [-0.05, 0) is 46.6 Å². The summed E-state index contributed by atoms with van der Waals surface area (Å²) >= 11 is 1.69. The Morgan fingerprint density at radius 2 is 2.08 bits per heavy atom. The molecule has 0 fully saturated rings. The van der Waals surface area contributed by atoms with E-state index >= 15 is 0 Å². The maximum Gasteiger partial charge on any atom is 0.191 e. The van der Waals surface area contributed by atoms with Crippen molar-refractivity contribution in [2.24, 2.45) is 12.0 Å². The third-order valence-corrected chi connectivity index (χ3v) is 4.84. The Balaban J connectivity index is 0.00000312. The average molecular weight is 476 g/mol. The molecule has 0 aliphatic carbocycles. The summed E-state index contributed by atoms with van der Waals surface area (Å²) in [5.74, 6) is 0.831. The fourth-order valence-corrected chi connectivity index (χ4v) is 3.36. The lowest BCUT2D eigenvalue weighted by Crippen LogP contribution is -2.43. The molecule has 25 heavy (non-hydrogen) atoms. The van der Waals surface area contributed by atoms with Crippen molar-refractivity contribution >= 4 is 41.3 Å². The van der Waals surface area contributed by atoms with Crippen LogP contribution >= 0.6 is 35.3 Å². The average Bonchev–Trinajstić information content (AvgIpc) is 3.04. The Labute approximate surface area is 171 Å². The number of hydrogen-bond donors (Lipinski definition) is 2. The van der Waals surface area contributed by atoms with Gasteiger partial charge in [-0.25, -0.2) is 9.98 Å². The number of thiazole rings is 1. The summed E-state index contributed by atoms with van der Waals surface area (Å²) in [6.07, 6.45) is 2.82. The maximum absolute atomic E-state index is 4.65. The van der Waals surface area contributed by atoms with E-state index in [2.05, 4.69) is 60.3 Å². The maximum atomic E-state index is 4.65. The molecule has 0 saturated carbocycles. The zero-order chi connectivity index (χ0) is 17.7. The summed E-state index contributed by atoms with van der Waals surface area (Å²) in [5, 5.41) is 12.3. The number of hydrogen-bond acceptors (Lipinski definition) is 4. The van der Waals surface area contributed by atoms with Crippen LogP contribution in [-0.2, 0) is 20.0 Å². The second kappa shape index (κ2) is 10.1. The van der Waals surface area contributed by atoms with Crippen LogP contribution in [-0.4, -0.2) is 33.3 Å². The molecule has 2 rings (SSSR count). The number of guanidine groups is 1. The largest absolute Gasteiger partial charge is 0.357 e. The second-order valence-electron chi connectivity index (χ2n) is 6.08. The summed E-state index contributed by atoms with van der Waals surface area (Å²) in [5.41, 5.74) is 3.63. The molecule has 2 aromatic heterocycles. The van der Waals surface area contributed by atoms with E-state index in [4.69, 9.17) is 0 Å². The van der Waals surface area contributed by atoms with Gasteiger partial charge in [0.15, 0.2) is 5.96 Å². The first-order valence-electron chi connectivity index (χ1n) is 8.36. The number of nitrogens with zero attached hydrogens (tertiary/aromatic N) is 4. The lowest BCUT2D eigenvalue weighted by atomic mass is 10.1. The minimum atomic E-state index is 0. The molecule has 0 radical (unpaired) electrons. The quantitative estimate of drug-likeness (QED) is 0.382. The van der Waals surface area contributed by atoms with Crippen LogP contribution in [0.3, 0.4) is 0 Å². The fourth-order valence-electron chi connectivity index (χ4n) is 2.64. The number of halogens is 1. The Morgan fingerprint density at radius 1 is 1.36 bits per heavy atom. The van der Waals surface area contributed by atoms with E-state index in [-0.39, 0.29) is 30.0 Å². The Morgan fingerprint density at radius 3 is 2.60 bits per heavy atom. The molecule has 0 amide bonds. The first kappa shape index (κ1) is 21.9. The molecule has 8 heteroatoms. The second-order valence-corrected chi connectivity index (χ2v) is 7.40. The van der Waals surface area contributed by atoms with Gasteiger partial charge >= 0.3 is 0 Å². The molecule has 0 spiro atoms. The number of nitrogens with one attached hydrogen (secondary N) is 2. The molecule has 0 aliphatic rings. The zero-order valence-corrected chi connectivity index (χ0v) is 19.0. The highest BCUT2D eigenvalue weighted by molar-refractivity contribution is 14.0. The van der Waals surface area contributed by atoms with Crippen LogP contribution in [0.4, 0.5) is 0 Å². The molecule has 1 unspecified atom stereocenters. The summed E-state index contributed by atoms with van der Waals surface area (Å²) in [7, 11) is 1.99. The van der Waals surface area contributed by atoms with Gasteiger partial charge in [-0.3, -0.25) is 4.68 Å². The molecule has 0 saturated heterocycles. The number of aryl methyl sites for hydroxylation is 3. The van der Waals surface area contributed by atoms with E-state index in [1.165, 1.54) is 16.1 Å². The molecule has 0 aromatic carbocycles. The zero-order valence-electron chi connectivity index (χ0n) is 15.9. The molecule has 2 aromatic rings. The van der Waals surface area contributed by atoms with Gasteiger partial charge in [0.1, 0.15) is 5.01 Å². The first-order valence-corrected chi connectivity index (χ1v) is 9.17. The van der Waals surface area contributed by atoms with Crippen LogP contribution in [0, 0.1) is 20.8 Å². The van der Waals surface area contributed by atoms with Gasteiger partial charge in [0.05, 0.1) is 12.2 Å². The van der Waals surface area contributed by atoms with Crippen LogP contribution in [0.1, 0.15) is 40.7 Å². The highest BCUT2D eigenvalue weighted by Crippen LogP contribution is 2.14. The molecule has 2 N–H and O–H groups in total. The van der Waals surface area contributed by atoms with Gasteiger partial charge in [0.2, 0.25) is 0 Å². The van der Waals surface area contributed by atoms with E-state index in [9.17, 15) is 0 Å². The van der Waals surface area contributed by atoms with Crippen molar-refractivity contribution in [2.75, 3.05) is 6.54 Å². The van der Waals surface area contributed by atoms with Crippen LogP contribution in [0.25, 0.3) is 0 Å². The molecular weight excluding hydrogens is 447 g/mol. The van der Waals surface area contributed by atoms with Crippen molar-refractivity contribution in [3.63, 3.8) is 0 Å². The van der Waals surface area contributed by atoms with E-state index in [0.717, 1.165) is 29.6 Å². The van der Waals surface area contributed by atoms with Crippen molar-refractivity contribution < 1.29 is 0 Å². The Hall–Kier alpha value is -1.16. The molecular formula is C17H29IN6S. The van der Waals surface area contributed by atoms with Crippen molar-refractivity contribution in [1.29, 1.82) is 0 Å². The van der Waals surface area contributed by atoms with Crippen LogP contribution in [0.5, 0.6) is 0 Å². The van der Waals surface area contributed by atoms with Gasteiger partial charge in [-0.15, -0.1) is 35.3 Å². The predicted molar refractivity (Wildman–Crippen MR) is 116 cm³/mol. The third-order valence-electron chi connectivity index (χ3n) is 3.94. The number of aliphatic imine (C=N–C) groups is 1. The Bertz CT molecular complexity index is 706. The summed E-state index contributed by atoms with van der Waals surface area (Å²) < 4.78 is 1.95. The van der Waals surface area contributed by atoms with Crippen LogP contribution in [0.15, 0.2) is 11.2 Å². The first-order chi connectivity index (χ1) is 11.4. The fraction of sp³-hybridized carbons (Fsp3) is 0.588. The van der Waals surface area contributed by atoms with Crippen molar-refractivity contribution in [3.05, 3.63) is 33.0 Å². The van der Waals surface area contributed by atoms with E-state index < -0.39 is 0 Å². The summed E-state index contributed by atoms with van der Waals surface area (Å²) in [4.78, 5) is 10.2. The van der Waals surface area contributed by atoms with Gasteiger partial charge in [0.25, 0.3) is 0 Å². The highest BCUT2D eigenvalue weighted by Gasteiger charge is 2.14. The topological polar surface area (TPSA) is 67.1 Å². The smallest absolute Gasteiger partial charge is 0.191 e. The SMILES string of the molecule is CCNC(=NCc1ncc(C)s1)NC(C)Cc1c(C)nn(C)c1C.I. The molecule has 140 valence electrons. The van der Waals surface area contributed by atoms with Crippen molar-refractivity contribution in [3.8, 4) is 0 Å². The van der Waals surface area contributed by atoms with E-state index in [1.54, 1.807) is 11.3 Å².